The van der Waals surface area contributed by atoms with Crippen LogP contribution in [0.2, 0.25) is 0 Å². The molecule has 0 atom stereocenters. The van der Waals surface area contributed by atoms with Gasteiger partial charge in [0.05, 0.1) is 6.61 Å². The summed E-state index contributed by atoms with van der Waals surface area (Å²) >= 11 is 1.53. The third-order valence-electron chi connectivity index (χ3n) is 1.94. The van der Waals surface area contributed by atoms with E-state index in [0.717, 1.165) is 22.3 Å². The Kier molecular flexibility index (Phi) is 3.83. The van der Waals surface area contributed by atoms with Crippen LogP contribution in [0.15, 0.2) is 5.38 Å². The van der Waals surface area contributed by atoms with Gasteiger partial charge in [-0.3, -0.25) is 9.59 Å². The van der Waals surface area contributed by atoms with Crippen molar-refractivity contribution in [3.63, 3.8) is 0 Å². The molecule has 0 unspecified atom stereocenters. The lowest BCUT2D eigenvalue weighted by Crippen LogP contribution is -2.03. The van der Waals surface area contributed by atoms with E-state index in [-0.39, 0.29) is 5.97 Å². The Morgan fingerprint density at radius 3 is 2.86 bits per heavy atom. The molecule has 0 saturated carbocycles. The third kappa shape index (κ3) is 2.67. The molecule has 1 aromatic rings. The van der Waals surface area contributed by atoms with E-state index in [0.29, 0.717) is 13.0 Å². The fourth-order valence-corrected chi connectivity index (χ4v) is 2.12. The average Bonchev–Trinajstić information content (AvgIpc) is 2.47. The molecule has 0 amide bonds. The molecule has 1 aromatic heterocycles. The highest BCUT2D eigenvalue weighted by Crippen LogP contribution is 2.20. The van der Waals surface area contributed by atoms with Gasteiger partial charge < -0.3 is 4.74 Å². The second-order valence-electron chi connectivity index (χ2n) is 2.95. The van der Waals surface area contributed by atoms with Crippen molar-refractivity contribution in [3.8, 4) is 0 Å². The second kappa shape index (κ2) is 4.91. The van der Waals surface area contributed by atoms with Gasteiger partial charge in [-0.1, -0.05) is 0 Å². The van der Waals surface area contributed by atoms with E-state index in [1.54, 1.807) is 0 Å². The lowest BCUT2D eigenvalue weighted by molar-refractivity contribution is -0.140. The Balaban J connectivity index is 2.55. The summed E-state index contributed by atoms with van der Waals surface area (Å²) in [5.41, 5.74) is 1.73. The first-order valence-corrected chi connectivity index (χ1v) is 5.18. The summed E-state index contributed by atoms with van der Waals surface area (Å²) < 4.78 is 4.82. The molecule has 3 nitrogen and oxygen atoms in total. The standard InChI is InChI=1S/C10H12O3S/c1-7-9(5-11)6-14-10(7)3-4-13-8(2)12/h5-6H,3-4H2,1-2H3. The highest BCUT2D eigenvalue weighted by atomic mass is 32.1. The van der Waals surface area contributed by atoms with Gasteiger partial charge in [-0.2, -0.15) is 0 Å². The Morgan fingerprint density at radius 2 is 2.36 bits per heavy atom. The monoisotopic (exact) mass is 212 g/mol. The maximum absolute atomic E-state index is 10.5. The van der Waals surface area contributed by atoms with E-state index < -0.39 is 0 Å². The van der Waals surface area contributed by atoms with Crippen molar-refractivity contribution in [2.75, 3.05) is 6.61 Å². The smallest absolute Gasteiger partial charge is 0.302 e. The lowest BCUT2D eigenvalue weighted by Gasteiger charge is -2.00. The summed E-state index contributed by atoms with van der Waals surface area (Å²) in [4.78, 5) is 22.2. The van der Waals surface area contributed by atoms with Crippen LogP contribution in [0.4, 0.5) is 0 Å². The molecule has 4 heteroatoms. The van der Waals surface area contributed by atoms with Crippen molar-refractivity contribution in [2.45, 2.75) is 20.3 Å². The van der Waals surface area contributed by atoms with Crippen LogP contribution >= 0.6 is 11.3 Å². The van der Waals surface area contributed by atoms with Gasteiger partial charge in [0.25, 0.3) is 0 Å². The molecule has 76 valence electrons. The molecule has 0 fully saturated rings. The predicted molar refractivity (Wildman–Crippen MR) is 54.8 cm³/mol. The number of carbonyl (C=O) groups is 2. The molecule has 0 aliphatic rings. The highest BCUT2D eigenvalue weighted by molar-refractivity contribution is 7.10. The third-order valence-corrected chi connectivity index (χ3v) is 3.11. The summed E-state index contributed by atoms with van der Waals surface area (Å²) in [6, 6.07) is 0. The zero-order valence-corrected chi connectivity index (χ0v) is 9.02. The van der Waals surface area contributed by atoms with Gasteiger partial charge in [-0.15, -0.1) is 11.3 Å². The minimum atomic E-state index is -0.269. The van der Waals surface area contributed by atoms with E-state index in [1.807, 2.05) is 12.3 Å². The fraction of sp³-hybridized carbons (Fsp3) is 0.400. The van der Waals surface area contributed by atoms with Crippen LogP contribution in [0.5, 0.6) is 0 Å². The van der Waals surface area contributed by atoms with E-state index in [9.17, 15) is 9.59 Å². The number of hydrogen-bond donors (Lipinski definition) is 0. The molecule has 0 N–H and O–H groups in total. The SMILES string of the molecule is CC(=O)OCCc1scc(C=O)c1C. The van der Waals surface area contributed by atoms with Crippen molar-refractivity contribution in [1.29, 1.82) is 0 Å². The van der Waals surface area contributed by atoms with Gasteiger partial charge in [0.2, 0.25) is 0 Å². The summed E-state index contributed by atoms with van der Waals surface area (Å²) in [6.07, 6.45) is 1.53. The minimum Gasteiger partial charge on any atom is -0.465 e. The van der Waals surface area contributed by atoms with Gasteiger partial charge in [0.15, 0.2) is 6.29 Å². The van der Waals surface area contributed by atoms with E-state index in [1.165, 1.54) is 18.3 Å². The topological polar surface area (TPSA) is 43.4 Å². The maximum Gasteiger partial charge on any atom is 0.302 e. The molecule has 1 heterocycles. The van der Waals surface area contributed by atoms with Crippen molar-refractivity contribution >= 4 is 23.6 Å². The van der Waals surface area contributed by atoms with E-state index in [4.69, 9.17) is 4.74 Å². The molecule has 0 radical (unpaired) electrons. The number of hydrogen-bond acceptors (Lipinski definition) is 4. The first-order valence-electron chi connectivity index (χ1n) is 4.30. The molecule has 0 aliphatic carbocycles. The molecule has 0 aromatic carbocycles. The number of esters is 1. The summed E-state index contributed by atoms with van der Waals surface area (Å²) in [7, 11) is 0. The first kappa shape index (κ1) is 10.9. The Bertz CT molecular complexity index is 341. The largest absolute Gasteiger partial charge is 0.465 e. The van der Waals surface area contributed by atoms with Crippen molar-refractivity contribution in [2.24, 2.45) is 0 Å². The molecule has 0 bridgehead atoms. The van der Waals surface area contributed by atoms with Crippen LogP contribution in [-0.4, -0.2) is 18.9 Å². The van der Waals surface area contributed by atoms with E-state index >= 15 is 0 Å². The molecule has 14 heavy (non-hydrogen) atoms. The fourth-order valence-electron chi connectivity index (χ4n) is 1.12. The zero-order chi connectivity index (χ0) is 10.6. The van der Waals surface area contributed by atoms with Crippen molar-refractivity contribution in [3.05, 3.63) is 21.4 Å². The van der Waals surface area contributed by atoms with Gasteiger partial charge in [-0.05, 0) is 12.5 Å². The van der Waals surface area contributed by atoms with Gasteiger partial charge in [-0.25, -0.2) is 0 Å². The normalized spacial score (nSPS) is 9.86. The number of carbonyl (C=O) groups excluding carboxylic acids is 2. The van der Waals surface area contributed by atoms with Crippen LogP contribution in [0.3, 0.4) is 0 Å². The molecule has 0 spiro atoms. The summed E-state index contributed by atoms with van der Waals surface area (Å²) in [5, 5.41) is 1.82. The van der Waals surface area contributed by atoms with Gasteiger partial charge in [0.1, 0.15) is 0 Å². The number of ether oxygens (including phenoxy) is 1. The average molecular weight is 212 g/mol. The second-order valence-corrected chi connectivity index (χ2v) is 3.91. The van der Waals surface area contributed by atoms with Crippen LogP contribution in [-0.2, 0) is 16.0 Å². The number of thiophene rings is 1. The van der Waals surface area contributed by atoms with Crippen LogP contribution < -0.4 is 0 Å². The summed E-state index contributed by atoms with van der Waals surface area (Å²) in [6.45, 7) is 3.68. The number of aldehydes is 1. The van der Waals surface area contributed by atoms with Gasteiger partial charge >= 0.3 is 5.97 Å². The molecule has 1 rings (SSSR count). The Labute approximate surface area is 86.7 Å². The predicted octanol–water partition coefficient (Wildman–Crippen LogP) is 1.97. The van der Waals surface area contributed by atoms with Crippen molar-refractivity contribution in [1.82, 2.24) is 0 Å². The Morgan fingerprint density at radius 1 is 1.64 bits per heavy atom. The molecule has 0 saturated heterocycles. The van der Waals surface area contributed by atoms with Crippen molar-refractivity contribution < 1.29 is 14.3 Å². The van der Waals surface area contributed by atoms with Crippen LogP contribution in [0.1, 0.15) is 27.7 Å². The lowest BCUT2D eigenvalue weighted by atomic mass is 10.1. The Hall–Kier alpha value is -1.16. The summed E-state index contributed by atoms with van der Waals surface area (Å²) in [5.74, 6) is -0.269. The van der Waals surface area contributed by atoms with Gasteiger partial charge in [0, 0.05) is 29.2 Å². The first-order chi connectivity index (χ1) is 6.65. The molecule has 0 aliphatic heterocycles. The quantitative estimate of drug-likeness (QED) is 0.566. The number of rotatable bonds is 4. The zero-order valence-electron chi connectivity index (χ0n) is 8.20. The van der Waals surface area contributed by atoms with Crippen LogP contribution in [0.25, 0.3) is 0 Å². The maximum atomic E-state index is 10.5. The molecular weight excluding hydrogens is 200 g/mol. The van der Waals surface area contributed by atoms with E-state index in [2.05, 4.69) is 0 Å². The van der Waals surface area contributed by atoms with Crippen LogP contribution in [0, 0.1) is 6.92 Å². The highest BCUT2D eigenvalue weighted by Gasteiger charge is 2.06. The molecular formula is C10H12O3S. The minimum absolute atomic E-state index is 0.269.